The van der Waals surface area contributed by atoms with Crippen LogP contribution in [-0.4, -0.2) is 43.2 Å². The molecule has 0 spiro atoms. The molecule has 2 unspecified atom stereocenters. The molecule has 1 rings (SSSR count). The monoisotopic (exact) mass is 358 g/mol. The fourth-order valence-corrected chi connectivity index (χ4v) is 3.68. The quantitative estimate of drug-likeness (QED) is 0.318. The van der Waals surface area contributed by atoms with Gasteiger partial charge < -0.3 is 4.74 Å². The minimum absolute atomic E-state index is 0. The van der Waals surface area contributed by atoms with Gasteiger partial charge in [0.25, 0.3) is 20.0 Å². The van der Waals surface area contributed by atoms with E-state index in [-0.39, 0.29) is 58.0 Å². The Morgan fingerprint density at radius 1 is 1.32 bits per heavy atom. The van der Waals surface area contributed by atoms with Gasteiger partial charge in [0, 0.05) is 0 Å². The van der Waals surface area contributed by atoms with Crippen LogP contribution < -0.4 is 51.4 Å². The molecule has 0 aliphatic carbocycles. The minimum Gasteiger partial charge on any atom is -0.372 e. The van der Waals surface area contributed by atoms with Crippen molar-refractivity contribution in [3.05, 3.63) is 0 Å². The van der Waals surface area contributed by atoms with Crippen LogP contribution >= 0.6 is 0 Å². The molecule has 0 amide bonds. The van der Waals surface area contributed by atoms with Gasteiger partial charge in [-0.3, -0.25) is 0 Å². The van der Waals surface area contributed by atoms with Crippen molar-refractivity contribution in [2.24, 2.45) is 3.77 Å². The van der Waals surface area contributed by atoms with Crippen LogP contribution in [0.15, 0.2) is 3.77 Å². The SMILES string of the molecule is O=S(=O)(CC1CO1)N=S(=O)(OC(F)F)C(F)(F)F.[K+]. The maximum absolute atomic E-state index is 12.2. The van der Waals surface area contributed by atoms with Crippen molar-refractivity contribution >= 4 is 20.0 Å². The van der Waals surface area contributed by atoms with E-state index < -0.39 is 44.0 Å². The van der Waals surface area contributed by atoms with E-state index in [9.17, 15) is 34.6 Å². The van der Waals surface area contributed by atoms with Crippen LogP contribution in [0, 0.1) is 0 Å². The van der Waals surface area contributed by atoms with E-state index in [0.29, 0.717) is 0 Å². The van der Waals surface area contributed by atoms with Gasteiger partial charge in [-0.2, -0.15) is 22.0 Å². The van der Waals surface area contributed by atoms with Gasteiger partial charge in [-0.1, -0.05) is 3.77 Å². The Morgan fingerprint density at radius 2 is 1.79 bits per heavy atom. The third kappa shape index (κ3) is 6.60. The Kier molecular flexibility index (Phi) is 7.31. The van der Waals surface area contributed by atoms with Crippen molar-refractivity contribution in [2.75, 3.05) is 12.4 Å². The molecule has 108 valence electrons. The van der Waals surface area contributed by atoms with Gasteiger partial charge in [0.2, 0.25) is 0 Å². The zero-order valence-corrected chi connectivity index (χ0v) is 14.0. The Morgan fingerprint density at radius 3 is 2.11 bits per heavy atom. The summed E-state index contributed by atoms with van der Waals surface area (Å²) < 4.78 is 102. The van der Waals surface area contributed by atoms with E-state index in [2.05, 4.69) is 8.92 Å². The Bertz CT molecular complexity index is 521. The maximum Gasteiger partial charge on any atom is 1.00 e. The van der Waals surface area contributed by atoms with Gasteiger partial charge in [-0.15, -0.1) is 0 Å². The first-order valence-corrected chi connectivity index (χ1v) is 7.15. The molecule has 0 aromatic rings. The first-order valence-electron chi connectivity index (χ1n) is 4.10. The molecule has 19 heavy (non-hydrogen) atoms. The van der Waals surface area contributed by atoms with Gasteiger partial charge in [0.15, 0.2) is 0 Å². The number of hydrogen-bond acceptors (Lipinski definition) is 5. The van der Waals surface area contributed by atoms with Gasteiger partial charge in [0.1, 0.15) is 5.75 Å². The van der Waals surface area contributed by atoms with E-state index in [0.717, 1.165) is 0 Å². The molecular formula is C5H6F5KNO5S2+. The zero-order valence-electron chi connectivity index (χ0n) is 9.26. The van der Waals surface area contributed by atoms with Gasteiger partial charge in [0.05, 0.1) is 12.7 Å². The Hall–Kier alpha value is 1.11. The number of ether oxygens (including phenoxy) is 1. The first-order chi connectivity index (χ1) is 7.95. The predicted octanol–water partition coefficient (Wildman–Crippen LogP) is -2.14. The van der Waals surface area contributed by atoms with E-state index in [1.807, 2.05) is 3.77 Å². The Balaban J connectivity index is 0.00000324. The second-order valence-corrected chi connectivity index (χ2v) is 6.76. The molecule has 0 radical (unpaired) electrons. The zero-order chi connectivity index (χ0) is 14.2. The number of nitrogens with zero attached hydrogens (tertiary/aromatic N) is 1. The standard InChI is InChI=1S/C5H6F5NO5S2.K/c6-4(7)16-18(14,5(8,9)10)11-17(12,13)2-3-1-15-3;/h3-4H,1-2H2;/q;+1. The molecule has 1 aliphatic rings. The maximum atomic E-state index is 12.2. The normalized spacial score (nSPS) is 22.5. The van der Waals surface area contributed by atoms with Crippen molar-refractivity contribution in [3.63, 3.8) is 0 Å². The van der Waals surface area contributed by atoms with Crippen LogP contribution in [0.3, 0.4) is 0 Å². The van der Waals surface area contributed by atoms with Crippen LogP contribution in [0.5, 0.6) is 0 Å². The predicted molar refractivity (Wildman–Crippen MR) is 47.2 cm³/mol. The minimum atomic E-state index is -6.05. The largest absolute Gasteiger partial charge is 1.00 e. The molecule has 1 aliphatic heterocycles. The van der Waals surface area contributed by atoms with E-state index in [1.54, 1.807) is 0 Å². The molecule has 14 heteroatoms. The van der Waals surface area contributed by atoms with Crippen LogP contribution in [0.25, 0.3) is 0 Å². The number of halogens is 5. The topological polar surface area (TPSA) is 85.3 Å². The second-order valence-electron chi connectivity index (χ2n) is 3.06. The number of sulfonamides is 1. The van der Waals surface area contributed by atoms with Crippen LogP contribution in [0.4, 0.5) is 22.0 Å². The van der Waals surface area contributed by atoms with Crippen molar-refractivity contribution < 1.29 is 94.9 Å². The van der Waals surface area contributed by atoms with Crippen LogP contribution in [0.2, 0.25) is 0 Å². The molecule has 1 fully saturated rings. The third-order valence-electron chi connectivity index (χ3n) is 1.51. The number of alkyl halides is 5. The fourth-order valence-electron chi connectivity index (χ4n) is 0.792. The van der Waals surface area contributed by atoms with Gasteiger partial charge in [-0.25, -0.2) is 16.8 Å². The summed E-state index contributed by atoms with van der Waals surface area (Å²) in [5.41, 5.74) is -5.86. The Labute approximate surface area is 147 Å². The van der Waals surface area contributed by atoms with E-state index in [1.165, 1.54) is 0 Å². The summed E-state index contributed by atoms with van der Waals surface area (Å²) in [6.07, 6.45) is -0.873. The molecule has 0 aromatic carbocycles. The van der Waals surface area contributed by atoms with Crippen LogP contribution in [0.1, 0.15) is 0 Å². The molecule has 0 saturated carbocycles. The molecular weight excluding hydrogens is 352 g/mol. The van der Waals surface area contributed by atoms with Crippen LogP contribution in [-0.2, 0) is 29.0 Å². The average Bonchev–Trinajstić information content (AvgIpc) is 2.81. The summed E-state index contributed by atoms with van der Waals surface area (Å²) >= 11 is 0. The van der Waals surface area contributed by atoms with E-state index >= 15 is 0 Å². The third-order valence-corrected chi connectivity index (χ3v) is 4.98. The molecule has 1 heterocycles. The molecule has 1 saturated heterocycles. The van der Waals surface area contributed by atoms with Crippen molar-refractivity contribution in [1.82, 2.24) is 0 Å². The summed E-state index contributed by atoms with van der Waals surface area (Å²) in [5, 5.41) is 0. The first kappa shape index (κ1) is 20.1. The second kappa shape index (κ2) is 6.91. The summed E-state index contributed by atoms with van der Waals surface area (Å²) in [6.45, 7) is -4.10. The molecule has 0 bridgehead atoms. The number of epoxide rings is 1. The number of hydrogen-bond donors (Lipinski definition) is 0. The fraction of sp³-hybridized carbons (Fsp3) is 1.00. The van der Waals surface area contributed by atoms with Gasteiger partial charge in [-0.05, 0) is 0 Å². The van der Waals surface area contributed by atoms with E-state index in [4.69, 9.17) is 0 Å². The summed E-state index contributed by atoms with van der Waals surface area (Å²) in [6, 6.07) is 0. The van der Waals surface area contributed by atoms with Crippen molar-refractivity contribution in [2.45, 2.75) is 18.2 Å². The average molecular weight is 358 g/mol. The van der Waals surface area contributed by atoms with Gasteiger partial charge >= 0.3 is 63.5 Å². The van der Waals surface area contributed by atoms with Crippen molar-refractivity contribution in [3.8, 4) is 0 Å². The number of rotatable bonds is 5. The van der Waals surface area contributed by atoms with Crippen molar-refractivity contribution in [1.29, 1.82) is 0 Å². The summed E-state index contributed by atoms with van der Waals surface area (Å²) in [7, 11) is -10.9. The smallest absolute Gasteiger partial charge is 0.372 e. The molecule has 6 nitrogen and oxygen atoms in total. The molecule has 0 N–H and O–H groups in total. The summed E-state index contributed by atoms with van der Waals surface area (Å²) in [4.78, 5) is 0. The summed E-state index contributed by atoms with van der Waals surface area (Å²) in [5.74, 6) is -0.979. The molecule has 0 aromatic heterocycles. The molecule has 2 atom stereocenters.